The smallest absolute Gasteiger partial charge is 0.254 e. The second-order valence-electron chi connectivity index (χ2n) is 7.29. The van der Waals surface area contributed by atoms with Crippen molar-refractivity contribution in [2.24, 2.45) is 0 Å². The first-order chi connectivity index (χ1) is 15.0. The minimum atomic E-state index is -0.276. The van der Waals surface area contributed by atoms with Gasteiger partial charge in [-0.25, -0.2) is 4.98 Å². The zero-order valence-electron chi connectivity index (χ0n) is 17.2. The van der Waals surface area contributed by atoms with Crippen molar-refractivity contribution < 1.29 is 9.53 Å². The molecule has 0 saturated carbocycles. The molecule has 2 heterocycles. The molecule has 0 spiro atoms. The maximum atomic E-state index is 12.8. The molecule has 1 saturated heterocycles. The predicted octanol–water partition coefficient (Wildman–Crippen LogP) is 2.92. The number of nitrogens with zero attached hydrogens (tertiary/aromatic N) is 4. The molecule has 1 amide bonds. The maximum absolute atomic E-state index is 12.8. The SMILES string of the molecule is COc1ccccc1-c1cc(=O)n(CC(=O)N2CCN(c3cccc(Cl)c3)CC2)cn1. The summed E-state index contributed by atoms with van der Waals surface area (Å²) in [5.74, 6) is 0.542. The molecule has 8 heteroatoms. The van der Waals surface area contributed by atoms with E-state index >= 15 is 0 Å². The van der Waals surface area contributed by atoms with Gasteiger partial charge in [-0.05, 0) is 30.3 Å². The van der Waals surface area contributed by atoms with Crippen LogP contribution in [0, 0.1) is 0 Å². The van der Waals surface area contributed by atoms with Crippen LogP contribution in [0.15, 0.2) is 65.7 Å². The van der Waals surface area contributed by atoms with E-state index in [2.05, 4.69) is 9.88 Å². The van der Waals surface area contributed by atoms with Gasteiger partial charge in [0.15, 0.2) is 0 Å². The molecule has 0 radical (unpaired) electrons. The van der Waals surface area contributed by atoms with E-state index in [1.165, 1.54) is 17.0 Å². The number of anilines is 1. The van der Waals surface area contributed by atoms with E-state index in [4.69, 9.17) is 16.3 Å². The van der Waals surface area contributed by atoms with Crippen LogP contribution in [0.1, 0.15) is 0 Å². The number of halogens is 1. The van der Waals surface area contributed by atoms with Crippen LogP contribution < -0.4 is 15.2 Å². The molecule has 31 heavy (non-hydrogen) atoms. The lowest BCUT2D eigenvalue weighted by molar-refractivity contribution is -0.132. The lowest BCUT2D eigenvalue weighted by Crippen LogP contribution is -2.50. The fraction of sp³-hybridized carbons (Fsp3) is 0.261. The van der Waals surface area contributed by atoms with E-state index in [1.54, 1.807) is 12.0 Å². The number of carbonyl (C=O) groups excluding carboxylic acids is 1. The highest BCUT2D eigenvalue weighted by molar-refractivity contribution is 6.30. The number of para-hydroxylation sites is 1. The molecular weight excluding hydrogens is 416 g/mol. The quantitative estimate of drug-likeness (QED) is 0.612. The second-order valence-corrected chi connectivity index (χ2v) is 7.72. The van der Waals surface area contributed by atoms with Crippen LogP contribution in [0.5, 0.6) is 5.75 Å². The summed E-state index contributed by atoms with van der Waals surface area (Å²) < 4.78 is 6.68. The van der Waals surface area contributed by atoms with E-state index in [0.717, 1.165) is 11.3 Å². The molecule has 2 aromatic carbocycles. The van der Waals surface area contributed by atoms with Gasteiger partial charge in [0.05, 0.1) is 19.1 Å². The summed E-state index contributed by atoms with van der Waals surface area (Å²) in [5, 5.41) is 0.694. The monoisotopic (exact) mass is 438 g/mol. The van der Waals surface area contributed by atoms with Crippen molar-refractivity contribution >= 4 is 23.2 Å². The van der Waals surface area contributed by atoms with Gasteiger partial charge in [-0.15, -0.1) is 0 Å². The van der Waals surface area contributed by atoms with Gasteiger partial charge in [-0.3, -0.25) is 14.2 Å². The van der Waals surface area contributed by atoms with Crippen LogP contribution in [-0.4, -0.2) is 53.6 Å². The van der Waals surface area contributed by atoms with Crippen molar-refractivity contribution in [2.45, 2.75) is 6.54 Å². The number of piperazine rings is 1. The number of rotatable bonds is 5. The summed E-state index contributed by atoms with van der Waals surface area (Å²) in [5.41, 5.74) is 2.02. The maximum Gasteiger partial charge on any atom is 0.254 e. The fourth-order valence-corrected chi connectivity index (χ4v) is 3.87. The normalized spacial score (nSPS) is 13.9. The molecule has 0 bridgehead atoms. The summed E-state index contributed by atoms with van der Waals surface area (Å²) in [7, 11) is 1.57. The Morgan fingerprint density at radius 1 is 1.06 bits per heavy atom. The Morgan fingerprint density at radius 2 is 1.84 bits per heavy atom. The van der Waals surface area contributed by atoms with Gasteiger partial charge in [0.1, 0.15) is 12.3 Å². The number of amides is 1. The third kappa shape index (κ3) is 4.72. The van der Waals surface area contributed by atoms with Crippen molar-refractivity contribution in [1.82, 2.24) is 14.5 Å². The molecule has 4 rings (SSSR count). The lowest BCUT2D eigenvalue weighted by Gasteiger charge is -2.36. The highest BCUT2D eigenvalue weighted by Crippen LogP contribution is 2.26. The van der Waals surface area contributed by atoms with Crippen molar-refractivity contribution in [3.05, 3.63) is 76.3 Å². The molecule has 0 N–H and O–H groups in total. The van der Waals surface area contributed by atoms with Crippen LogP contribution >= 0.6 is 11.6 Å². The molecule has 0 aliphatic carbocycles. The molecule has 1 aromatic heterocycles. The van der Waals surface area contributed by atoms with Gasteiger partial charge < -0.3 is 14.5 Å². The van der Waals surface area contributed by atoms with Crippen molar-refractivity contribution in [3.8, 4) is 17.0 Å². The van der Waals surface area contributed by atoms with Crippen LogP contribution in [0.25, 0.3) is 11.3 Å². The van der Waals surface area contributed by atoms with E-state index in [1.807, 2.05) is 48.5 Å². The summed E-state index contributed by atoms with van der Waals surface area (Å²) in [6.45, 7) is 2.58. The minimum absolute atomic E-state index is 0.0325. The van der Waals surface area contributed by atoms with Crippen LogP contribution in [-0.2, 0) is 11.3 Å². The van der Waals surface area contributed by atoms with Crippen LogP contribution in [0.2, 0.25) is 5.02 Å². The average molecular weight is 439 g/mol. The summed E-state index contributed by atoms with van der Waals surface area (Å²) in [6.07, 6.45) is 1.42. The fourth-order valence-electron chi connectivity index (χ4n) is 3.68. The largest absolute Gasteiger partial charge is 0.496 e. The standard InChI is InChI=1S/C23H23ClN4O3/c1-31-21-8-3-2-7-19(21)20-14-22(29)28(16-25-20)15-23(30)27-11-9-26(10-12-27)18-6-4-5-17(24)13-18/h2-8,13-14,16H,9-12,15H2,1H3. The third-order valence-corrected chi connectivity index (χ3v) is 5.61. The van der Waals surface area contributed by atoms with Gasteiger partial charge in [0.2, 0.25) is 5.91 Å². The lowest BCUT2D eigenvalue weighted by atomic mass is 10.1. The van der Waals surface area contributed by atoms with E-state index < -0.39 is 0 Å². The Hall–Kier alpha value is -3.32. The number of hydrogen-bond acceptors (Lipinski definition) is 5. The zero-order chi connectivity index (χ0) is 21.8. The minimum Gasteiger partial charge on any atom is -0.496 e. The molecule has 160 valence electrons. The molecular formula is C23H23ClN4O3. The molecule has 0 atom stereocenters. The second kappa shape index (κ2) is 9.22. The van der Waals surface area contributed by atoms with E-state index in [9.17, 15) is 9.59 Å². The Balaban J connectivity index is 1.41. The first-order valence-corrected chi connectivity index (χ1v) is 10.4. The van der Waals surface area contributed by atoms with Gasteiger partial charge in [0, 0.05) is 48.5 Å². The molecule has 3 aromatic rings. The number of aromatic nitrogens is 2. The number of methoxy groups -OCH3 is 1. The van der Waals surface area contributed by atoms with E-state index in [-0.39, 0.29) is 18.0 Å². The Bertz CT molecular complexity index is 1140. The first-order valence-electron chi connectivity index (χ1n) is 10.0. The molecule has 1 aliphatic rings. The van der Waals surface area contributed by atoms with Crippen LogP contribution in [0.4, 0.5) is 5.69 Å². The first kappa shape index (κ1) is 20.9. The summed E-state index contributed by atoms with van der Waals surface area (Å²) in [6, 6.07) is 16.5. The topological polar surface area (TPSA) is 67.7 Å². The Kier molecular flexibility index (Phi) is 6.23. The third-order valence-electron chi connectivity index (χ3n) is 5.37. The summed E-state index contributed by atoms with van der Waals surface area (Å²) in [4.78, 5) is 33.7. The Morgan fingerprint density at radius 3 is 2.55 bits per heavy atom. The van der Waals surface area contributed by atoms with Gasteiger partial charge in [0.25, 0.3) is 5.56 Å². The van der Waals surface area contributed by atoms with Gasteiger partial charge in [-0.2, -0.15) is 0 Å². The number of hydrogen-bond donors (Lipinski definition) is 0. The summed E-state index contributed by atoms with van der Waals surface area (Å²) >= 11 is 6.08. The number of benzene rings is 2. The number of carbonyl (C=O) groups is 1. The van der Waals surface area contributed by atoms with Gasteiger partial charge in [-0.1, -0.05) is 29.8 Å². The molecule has 7 nitrogen and oxygen atoms in total. The van der Waals surface area contributed by atoms with Crippen molar-refractivity contribution in [2.75, 3.05) is 38.2 Å². The molecule has 0 unspecified atom stereocenters. The average Bonchev–Trinajstić information content (AvgIpc) is 2.80. The predicted molar refractivity (Wildman–Crippen MR) is 121 cm³/mol. The molecule has 1 fully saturated rings. The van der Waals surface area contributed by atoms with Crippen molar-refractivity contribution in [1.29, 1.82) is 0 Å². The highest BCUT2D eigenvalue weighted by atomic mass is 35.5. The van der Waals surface area contributed by atoms with E-state index in [0.29, 0.717) is 42.6 Å². The van der Waals surface area contributed by atoms with Gasteiger partial charge >= 0.3 is 0 Å². The Labute approximate surface area is 185 Å². The number of ether oxygens (including phenoxy) is 1. The van der Waals surface area contributed by atoms with Crippen molar-refractivity contribution in [3.63, 3.8) is 0 Å². The zero-order valence-corrected chi connectivity index (χ0v) is 18.0. The molecule has 1 aliphatic heterocycles. The van der Waals surface area contributed by atoms with Crippen LogP contribution in [0.3, 0.4) is 0 Å². The highest BCUT2D eigenvalue weighted by Gasteiger charge is 2.22.